The van der Waals surface area contributed by atoms with Crippen LogP contribution < -0.4 is 9.80 Å². The van der Waals surface area contributed by atoms with E-state index in [1.807, 2.05) is 22.7 Å². The molecule has 3 nitrogen and oxygen atoms in total. The number of aromatic nitrogens is 1. The molecule has 462 valence electrons. The Kier molecular flexibility index (Phi) is 13.3. The Morgan fingerprint density at radius 1 is 0.222 bits per heavy atom. The van der Waals surface area contributed by atoms with Gasteiger partial charge in [0.1, 0.15) is 0 Å². The SMILES string of the molecule is c1ccc(-c2ccc(N(c3ccc4ccccc4c3)c3ccc4c(ccc5c4c4ccccc4c4sc6ccccc6c54)c3)cc2)cc1.c1ccc(N(c2ccc3c(ccc4c5sc6ccccc6c5c5ccccc5c34)c2)c2cccc3c4ccccc4n(-c4ccccc4)c23)cc1. The maximum absolute atomic E-state index is 2.43. The molecule has 18 aromatic carbocycles. The summed E-state index contributed by atoms with van der Waals surface area (Å²) in [6, 6.07) is 131. The van der Waals surface area contributed by atoms with Crippen molar-refractivity contribution in [3.8, 4) is 16.8 Å². The van der Waals surface area contributed by atoms with Gasteiger partial charge in [0.15, 0.2) is 0 Å². The van der Waals surface area contributed by atoms with E-state index in [-0.39, 0.29) is 0 Å². The van der Waals surface area contributed by atoms with Crippen molar-refractivity contribution in [1.82, 2.24) is 4.57 Å². The van der Waals surface area contributed by atoms with Crippen LogP contribution in [0.4, 0.5) is 34.1 Å². The van der Waals surface area contributed by atoms with Gasteiger partial charge in [-0.25, -0.2) is 0 Å². The van der Waals surface area contributed by atoms with Crippen molar-refractivity contribution in [2.75, 3.05) is 9.80 Å². The Balaban J connectivity index is 0.000000134. The third-order valence-corrected chi connectivity index (χ3v) is 22.7. The fraction of sp³-hybridized carbons (Fsp3) is 0. The molecule has 0 fully saturated rings. The van der Waals surface area contributed by atoms with Crippen LogP contribution in [0.15, 0.2) is 358 Å². The number of nitrogens with zero attached hydrogens (tertiary/aromatic N) is 3. The number of thiophene rings is 2. The van der Waals surface area contributed by atoms with Crippen molar-refractivity contribution < 1.29 is 0 Å². The molecular weight excluding hydrogens is 1240 g/mol. The van der Waals surface area contributed by atoms with Crippen molar-refractivity contribution in [3.05, 3.63) is 358 Å². The predicted molar refractivity (Wildman–Crippen MR) is 430 cm³/mol. The molecule has 0 N–H and O–H groups in total. The molecule has 0 aliphatic rings. The van der Waals surface area contributed by atoms with Gasteiger partial charge in [-0.3, -0.25) is 0 Å². The topological polar surface area (TPSA) is 11.4 Å². The van der Waals surface area contributed by atoms with Gasteiger partial charge in [0, 0.05) is 96.0 Å². The number of rotatable bonds is 8. The molecule has 3 heterocycles. The minimum absolute atomic E-state index is 1.12. The van der Waals surface area contributed by atoms with Crippen LogP contribution in [0.5, 0.6) is 0 Å². The molecule has 0 amide bonds. The fourth-order valence-corrected chi connectivity index (χ4v) is 18.4. The van der Waals surface area contributed by atoms with Gasteiger partial charge in [-0.15, -0.1) is 22.7 Å². The molecule has 21 rings (SSSR count). The second-order valence-corrected chi connectivity index (χ2v) is 27.9. The van der Waals surface area contributed by atoms with Gasteiger partial charge in [-0.2, -0.15) is 0 Å². The third kappa shape index (κ3) is 9.23. The Morgan fingerprint density at radius 2 is 0.646 bits per heavy atom. The van der Waals surface area contributed by atoms with E-state index in [1.54, 1.807) is 0 Å². The lowest BCUT2D eigenvalue weighted by Crippen LogP contribution is -2.11. The van der Waals surface area contributed by atoms with E-state index >= 15 is 0 Å². The molecule has 0 aliphatic heterocycles. The van der Waals surface area contributed by atoms with Gasteiger partial charge in [0.25, 0.3) is 0 Å². The lowest BCUT2D eigenvalue weighted by atomic mass is 9.93. The highest BCUT2D eigenvalue weighted by atomic mass is 32.1. The molecule has 3 aromatic heterocycles. The van der Waals surface area contributed by atoms with E-state index in [1.165, 1.54) is 149 Å². The van der Waals surface area contributed by atoms with Crippen LogP contribution in [-0.2, 0) is 0 Å². The smallest absolute Gasteiger partial charge is 0.0782 e. The molecule has 0 unspecified atom stereocenters. The predicted octanol–water partition coefficient (Wildman–Crippen LogP) is 27.9. The van der Waals surface area contributed by atoms with Crippen molar-refractivity contribution in [1.29, 1.82) is 0 Å². The Morgan fingerprint density at radius 3 is 1.32 bits per heavy atom. The van der Waals surface area contributed by atoms with Crippen LogP contribution in [0.3, 0.4) is 0 Å². The Hall–Kier alpha value is -12.4. The first-order chi connectivity index (χ1) is 49.1. The maximum Gasteiger partial charge on any atom is 0.0782 e. The van der Waals surface area contributed by atoms with Crippen LogP contribution in [-0.4, -0.2) is 4.57 Å². The van der Waals surface area contributed by atoms with Crippen molar-refractivity contribution in [2.24, 2.45) is 0 Å². The molecule has 0 spiro atoms. The minimum atomic E-state index is 1.12. The summed E-state index contributed by atoms with van der Waals surface area (Å²) in [5.74, 6) is 0. The summed E-state index contributed by atoms with van der Waals surface area (Å²) in [5, 5.41) is 25.9. The second-order valence-electron chi connectivity index (χ2n) is 25.8. The first kappa shape index (κ1) is 56.9. The second kappa shape index (κ2) is 23.2. The highest BCUT2D eigenvalue weighted by Crippen LogP contribution is 2.51. The zero-order chi connectivity index (χ0) is 65.1. The standard InChI is InChI=1S/C48H30N2S.C46H29NS/c1-3-14-32(15-4-1)49(43-24-13-22-39-36-18-9-11-23-42(36)50(47(39)43)33-16-5-2-6-17-33)34-27-29-35-31(30-34)26-28-41-45(35)37-19-7-8-20-38(37)46-40-21-10-12-25-44(40)51-48(41)46;1-2-10-30(11-3-1)32-18-22-35(23-19-32)47(36-24-20-31-12-4-5-13-33(31)28-36)37-25-27-38-34(29-37)21-26-42-44(38)39-14-6-7-15-40(39)46-45(42)41-16-8-9-17-43(41)48-46/h1-30H;1-29H. The molecule has 0 saturated carbocycles. The largest absolute Gasteiger partial charge is 0.310 e. The van der Waals surface area contributed by atoms with Gasteiger partial charge in [-0.1, -0.05) is 261 Å². The van der Waals surface area contributed by atoms with E-state index in [2.05, 4.69) is 372 Å². The summed E-state index contributed by atoms with van der Waals surface area (Å²) in [6.07, 6.45) is 0. The molecule has 5 heteroatoms. The normalized spacial score (nSPS) is 11.8. The zero-order valence-corrected chi connectivity index (χ0v) is 55.4. The van der Waals surface area contributed by atoms with Gasteiger partial charge in [0.2, 0.25) is 0 Å². The zero-order valence-electron chi connectivity index (χ0n) is 53.7. The van der Waals surface area contributed by atoms with E-state index in [0.717, 1.165) is 39.8 Å². The van der Waals surface area contributed by atoms with Crippen LogP contribution in [0.2, 0.25) is 0 Å². The van der Waals surface area contributed by atoms with E-state index in [9.17, 15) is 0 Å². The lowest BCUT2D eigenvalue weighted by Gasteiger charge is -2.27. The number of hydrogen-bond acceptors (Lipinski definition) is 4. The first-order valence-electron chi connectivity index (χ1n) is 33.9. The number of benzene rings is 18. The molecular formula is C94H59N3S2. The van der Waals surface area contributed by atoms with Gasteiger partial charge < -0.3 is 14.4 Å². The summed E-state index contributed by atoms with van der Waals surface area (Å²) < 4.78 is 7.83. The molecule has 0 radical (unpaired) electrons. The summed E-state index contributed by atoms with van der Waals surface area (Å²) in [6.45, 7) is 0. The minimum Gasteiger partial charge on any atom is -0.310 e. The highest BCUT2D eigenvalue weighted by molar-refractivity contribution is 7.27. The van der Waals surface area contributed by atoms with Gasteiger partial charge in [-0.05, 0) is 173 Å². The third-order valence-electron chi connectivity index (χ3n) is 20.3. The number of anilines is 6. The van der Waals surface area contributed by atoms with E-state index in [4.69, 9.17) is 0 Å². The van der Waals surface area contributed by atoms with Crippen LogP contribution >= 0.6 is 22.7 Å². The van der Waals surface area contributed by atoms with E-state index in [0.29, 0.717) is 0 Å². The fourth-order valence-electron chi connectivity index (χ4n) is 15.9. The Bertz CT molecular complexity index is 6790. The van der Waals surface area contributed by atoms with Gasteiger partial charge in [0.05, 0.1) is 16.7 Å². The number of para-hydroxylation sites is 4. The maximum atomic E-state index is 2.43. The molecule has 0 bridgehead atoms. The van der Waals surface area contributed by atoms with E-state index < -0.39 is 0 Å². The summed E-state index contributed by atoms with van der Waals surface area (Å²) in [7, 11) is 0. The Labute approximate surface area is 579 Å². The summed E-state index contributed by atoms with van der Waals surface area (Å²) in [4.78, 5) is 4.82. The first-order valence-corrected chi connectivity index (χ1v) is 35.5. The average Bonchev–Trinajstić information content (AvgIpc) is 1.72. The van der Waals surface area contributed by atoms with Crippen molar-refractivity contribution >= 4 is 194 Å². The quantitative estimate of drug-likeness (QED) is 0.141. The molecule has 21 aromatic rings. The average molecular weight is 1290 g/mol. The molecule has 0 aliphatic carbocycles. The van der Waals surface area contributed by atoms with Gasteiger partial charge >= 0.3 is 0 Å². The van der Waals surface area contributed by atoms with Crippen molar-refractivity contribution in [3.63, 3.8) is 0 Å². The van der Waals surface area contributed by atoms with Crippen LogP contribution in [0, 0.1) is 0 Å². The number of fused-ring (bicyclic) bond motifs is 24. The van der Waals surface area contributed by atoms with Crippen LogP contribution in [0.25, 0.3) is 154 Å². The molecule has 0 atom stereocenters. The molecule has 99 heavy (non-hydrogen) atoms. The lowest BCUT2D eigenvalue weighted by molar-refractivity contribution is 1.17. The summed E-state index contributed by atoms with van der Waals surface area (Å²) >= 11 is 3.82. The number of hydrogen-bond donors (Lipinski definition) is 0. The van der Waals surface area contributed by atoms with Crippen LogP contribution in [0.1, 0.15) is 0 Å². The molecule has 0 saturated heterocycles. The highest BCUT2D eigenvalue weighted by Gasteiger charge is 2.24. The van der Waals surface area contributed by atoms with Crippen molar-refractivity contribution in [2.45, 2.75) is 0 Å². The summed E-state index contributed by atoms with van der Waals surface area (Å²) in [5.41, 5.74) is 12.7. The monoisotopic (exact) mass is 1290 g/mol.